The maximum Gasteiger partial charge on any atom is 0.110 e. The smallest absolute Gasteiger partial charge is 0.110 e. The Bertz CT molecular complexity index is 159. The first-order chi connectivity index (χ1) is 6.93. The highest BCUT2D eigenvalue weighted by Crippen LogP contribution is 2.08. The molecule has 2 N–H and O–H groups in total. The quantitative estimate of drug-likeness (QED) is 0.609. The second kappa shape index (κ2) is 7.83. The van der Waals surface area contributed by atoms with Crippen molar-refractivity contribution in [2.24, 2.45) is 0 Å². The van der Waals surface area contributed by atoms with Crippen LogP contribution in [0.25, 0.3) is 0 Å². The SMILES string of the molecule is OCCCCCNCC1CCC=CO1. The summed E-state index contributed by atoms with van der Waals surface area (Å²) in [6.07, 6.45) is 9.66. The van der Waals surface area contributed by atoms with Crippen LogP contribution in [0.3, 0.4) is 0 Å². The Hall–Kier alpha value is -0.540. The topological polar surface area (TPSA) is 41.5 Å². The highest BCUT2D eigenvalue weighted by molar-refractivity contribution is 4.82. The molecule has 1 aliphatic rings. The minimum Gasteiger partial charge on any atom is -0.497 e. The second-order valence-electron chi connectivity index (χ2n) is 3.70. The van der Waals surface area contributed by atoms with Crippen molar-refractivity contribution in [1.82, 2.24) is 5.32 Å². The second-order valence-corrected chi connectivity index (χ2v) is 3.70. The van der Waals surface area contributed by atoms with Gasteiger partial charge in [-0.2, -0.15) is 0 Å². The van der Waals surface area contributed by atoms with Gasteiger partial charge in [-0.3, -0.25) is 0 Å². The summed E-state index contributed by atoms with van der Waals surface area (Å²) in [4.78, 5) is 0. The van der Waals surface area contributed by atoms with Crippen LogP contribution in [0.15, 0.2) is 12.3 Å². The molecule has 1 aliphatic heterocycles. The molecule has 3 nitrogen and oxygen atoms in total. The highest BCUT2D eigenvalue weighted by Gasteiger charge is 2.09. The average molecular weight is 199 g/mol. The van der Waals surface area contributed by atoms with Crippen molar-refractivity contribution >= 4 is 0 Å². The van der Waals surface area contributed by atoms with Crippen molar-refractivity contribution in [1.29, 1.82) is 0 Å². The van der Waals surface area contributed by atoms with Gasteiger partial charge in [-0.1, -0.05) is 0 Å². The normalized spacial score (nSPS) is 20.8. The third kappa shape index (κ3) is 5.25. The van der Waals surface area contributed by atoms with Gasteiger partial charge in [-0.05, 0) is 44.7 Å². The molecule has 0 fully saturated rings. The molecule has 14 heavy (non-hydrogen) atoms. The summed E-state index contributed by atoms with van der Waals surface area (Å²) in [7, 11) is 0. The van der Waals surface area contributed by atoms with E-state index < -0.39 is 0 Å². The van der Waals surface area contributed by atoms with Crippen LogP contribution in [0.1, 0.15) is 32.1 Å². The summed E-state index contributed by atoms with van der Waals surface area (Å²) >= 11 is 0. The van der Waals surface area contributed by atoms with Crippen LogP contribution in [-0.4, -0.2) is 30.9 Å². The molecule has 1 heterocycles. The Morgan fingerprint density at radius 1 is 1.36 bits per heavy atom. The van der Waals surface area contributed by atoms with Crippen molar-refractivity contribution in [3.05, 3.63) is 12.3 Å². The monoisotopic (exact) mass is 199 g/mol. The van der Waals surface area contributed by atoms with E-state index in [0.29, 0.717) is 12.7 Å². The van der Waals surface area contributed by atoms with E-state index >= 15 is 0 Å². The molecule has 0 amide bonds. The third-order valence-corrected chi connectivity index (χ3v) is 2.41. The zero-order valence-electron chi connectivity index (χ0n) is 8.74. The summed E-state index contributed by atoms with van der Waals surface area (Å²) in [5.74, 6) is 0. The van der Waals surface area contributed by atoms with Crippen LogP contribution in [0, 0.1) is 0 Å². The Labute approximate surface area is 86.2 Å². The molecular formula is C11H21NO2. The predicted molar refractivity (Wildman–Crippen MR) is 57.1 cm³/mol. The van der Waals surface area contributed by atoms with Crippen molar-refractivity contribution < 1.29 is 9.84 Å². The van der Waals surface area contributed by atoms with Crippen molar-refractivity contribution in [2.45, 2.75) is 38.2 Å². The van der Waals surface area contributed by atoms with Crippen LogP contribution in [0.5, 0.6) is 0 Å². The van der Waals surface area contributed by atoms with Crippen LogP contribution in [-0.2, 0) is 4.74 Å². The van der Waals surface area contributed by atoms with E-state index in [-0.39, 0.29) is 0 Å². The van der Waals surface area contributed by atoms with Gasteiger partial charge in [0, 0.05) is 13.2 Å². The Balaban J connectivity index is 1.86. The van der Waals surface area contributed by atoms with Crippen LogP contribution in [0.2, 0.25) is 0 Å². The first-order valence-corrected chi connectivity index (χ1v) is 5.55. The summed E-state index contributed by atoms with van der Waals surface area (Å²) < 4.78 is 5.42. The van der Waals surface area contributed by atoms with E-state index in [1.54, 1.807) is 0 Å². The van der Waals surface area contributed by atoms with Gasteiger partial charge in [0.2, 0.25) is 0 Å². The molecule has 0 aromatic carbocycles. The lowest BCUT2D eigenvalue weighted by atomic mass is 10.1. The molecule has 0 aromatic rings. The first-order valence-electron chi connectivity index (χ1n) is 5.55. The lowest BCUT2D eigenvalue weighted by Crippen LogP contribution is -2.29. The van der Waals surface area contributed by atoms with Gasteiger partial charge in [0.05, 0.1) is 6.26 Å². The largest absolute Gasteiger partial charge is 0.497 e. The number of unbranched alkanes of at least 4 members (excludes halogenated alkanes) is 2. The predicted octanol–water partition coefficient (Wildman–Crippen LogP) is 1.43. The van der Waals surface area contributed by atoms with Gasteiger partial charge in [0.25, 0.3) is 0 Å². The lowest BCUT2D eigenvalue weighted by molar-refractivity contribution is 0.122. The number of allylic oxidation sites excluding steroid dienone is 1. The number of aliphatic hydroxyl groups excluding tert-OH is 1. The molecule has 1 atom stereocenters. The maximum absolute atomic E-state index is 8.58. The standard InChI is InChI=1S/C11H21NO2/c13-8-4-1-3-7-12-10-11-6-2-5-9-14-11/h5,9,11-13H,1-4,6-8,10H2. The van der Waals surface area contributed by atoms with E-state index in [1.165, 1.54) is 0 Å². The average Bonchev–Trinajstić information content (AvgIpc) is 2.25. The van der Waals surface area contributed by atoms with Crippen molar-refractivity contribution in [2.75, 3.05) is 19.7 Å². The molecule has 0 saturated heterocycles. The molecule has 0 saturated carbocycles. The lowest BCUT2D eigenvalue weighted by Gasteiger charge is -2.19. The number of aliphatic hydroxyl groups is 1. The minimum absolute atomic E-state index is 0.316. The molecule has 0 aliphatic carbocycles. The van der Waals surface area contributed by atoms with Crippen LogP contribution >= 0.6 is 0 Å². The molecule has 1 unspecified atom stereocenters. The Morgan fingerprint density at radius 3 is 3.00 bits per heavy atom. The first kappa shape index (κ1) is 11.5. The fourth-order valence-corrected chi connectivity index (χ4v) is 1.54. The van der Waals surface area contributed by atoms with Gasteiger partial charge in [-0.25, -0.2) is 0 Å². The van der Waals surface area contributed by atoms with Crippen molar-refractivity contribution in [3.8, 4) is 0 Å². The van der Waals surface area contributed by atoms with Crippen LogP contribution < -0.4 is 5.32 Å². The van der Waals surface area contributed by atoms with Gasteiger partial charge >= 0.3 is 0 Å². The van der Waals surface area contributed by atoms with E-state index in [2.05, 4.69) is 11.4 Å². The Morgan fingerprint density at radius 2 is 2.29 bits per heavy atom. The summed E-state index contributed by atoms with van der Waals surface area (Å²) in [5, 5.41) is 12.0. The zero-order valence-corrected chi connectivity index (χ0v) is 8.74. The molecule has 0 aromatic heterocycles. The molecule has 3 heteroatoms. The number of hydrogen-bond acceptors (Lipinski definition) is 3. The van der Waals surface area contributed by atoms with Gasteiger partial charge < -0.3 is 15.2 Å². The number of ether oxygens (including phenoxy) is 1. The Kier molecular flexibility index (Phi) is 6.45. The van der Waals surface area contributed by atoms with E-state index in [1.807, 2.05) is 6.26 Å². The summed E-state index contributed by atoms with van der Waals surface area (Å²) in [6.45, 7) is 2.30. The third-order valence-electron chi connectivity index (χ3n) is 2.41. The van der Waals surface area contributed by atoms with Gasteiger partial charge in [-0.15, -0.1) is 0 Å². The van der Waals surface area contributed by atoms with E-state index in [0.717, 1.165) is 45.2 Å². The van der Waals surface area contributed by atoms with E-state index in [9.17, 15) is 0 Å². The van der Waals surface area contributed by atoms with Gasteiger partial charge in [0.15, 0.2) is 0 Å². The summed E-state index contributed by atoms with van der Waals surface area (Å²) in [6, 6.07) is 0. The summed E-state index contributed by atoms with van der Waals surface area (Å²) in [5.41, 5.74) is 0. The molecule has 0 bridgehead atoms. The van der Waals surface area contributed by atoms with Crippen molar-refractivity contribution in [3.63, 3.8) is 0 Å². The number of hydrogen-bond donors (Lipinski definition) is 2. The minimum atomic E-state index is 0.316. The molecule has 0 radical (unpaired) electrons. The molecular weight excluding hydrogens is 178 g/mol. The molecule has 82 valence electrons. The fraction of sp³-hybridized carbons (Fsp3) is 0.818. The zero-order chi connectivity index (χ0) is 10.1. The number of rotatable bonds is 7. The number of nitrogens with one attached hydrogen (secondary N) is 1. The van der Waals surface area contributed by atoms with Gasteiger partial charge in [0.1, 0.15) is 6.10 Å². The molecule has 0 spiro atoms. The maximum atomic E-state index is 8.58. The molecule has 1 rings (SSSR count). The van der Waals surface area contributed by atoms with Crippen LogP contribution in [0.4, 0.5) is 0 Å². The fourth-order valence-electron chi connectivity index (χ4n) is 1.54. The van der Waals surface area contributed by atoms with E-state index in [4.69, 9.17) is 9.84 Å². The highest BCUT2D eigenvalue weighted by atomic mass is 16.5.